The Labute approximate surface area is 183 Å². The van der Waals surface area contributed by atoms with Gasteiger partial charge < -0.3 is 14.8 Å². The number of amides is 1. The van der Waals surface area contributed by atoms with Crippen LogP contribution in [0.3, 0.4) is 0 Å². The largest absolute Gasteiger partial charge is 0.368 e. The zero-order valence-electron chi connectivity index (χ0n) is 17.6. The smallest absolute Gasteiger partial charge is 0.259 e. The molecule has 164 valence electrons. The number of carbonyl (C=O) groups is 1. The lowest BCUT2D eigenvalue weighted by atomic mass is 10.0. The number of carbonyl (C=O) groups excluding carboxylic acids is 1. The van der Waals surface area contributed by atoms with E-state index in [2.05, 4.69) is 4.98 Å². The number of aromatic amines is 1. The van der Waals surface area contributed by atoms with Gasteiger partial charge in [0.15, 0.2) is 0 Å². The average Bonchev–Trinajstić information content (AvgIpc) is 2.80. The number of hydrogen-bond acceptors (Lipinski definition) is 4. The molecule has 0 aliphatic carbocycles. The van der Waals surface area contributed by atoms with Crippen LogP contribution < -0.4 is 10.5 Å². The van der Waals surface area contributed by atoms with Gasteiger partial charge in [-0.05, 0) is 54.6 Å². The minimum absolute atomic E-state index is 0.000464. The Balaban J connectivity index is 1.38. The Bertz CT molecular complexity index is 1290. The first-order valence-electron chi connectivity index (χ1n) is 10.4. The highest BCUT2D eigenvalue weighted by molar-refractivity contribution is 5.85. The van der Waals surface area contributed by atoms with Gasteiger partial charge in [-0.1, -0.05) is 6.07 Å². The summed E-state index contributed by atoms with van der Waals surface area (Å²) in [5.41, 5.74) is 1.66. The number of anilines is 1. The number of benzene rings is 2. The maximum Gasteiger partial charge on any atom is 0.259 e. The summed E-state index contributed by atoms with van der Waals surface area (Å²) in [5.74, 6) is -1.14. The molecule has 0 radical (unpaired) electrons. The summed E-state index contributed by atoms with van der Waals surface area (Å²) in [5, 5.41) is 9.61. The number of aryl methyl sites for hydroxylation is 2. The van der Waals surface area contributed by atoms with Crippen LogP contribution in [0.15, 0.2) is 41.2 Å². The summed E-state index contributed by atoms with van der Waals surface area (Å²) in [6.07, 6.45) is 0.578. The third kappa shape index (κ3) is 4.19. The van der Waals surface area contributed by atoms with Crippen molar-refractivity contribution in [3.8, 4) is 6.07 Å². The molecule has 1 saturated heterocycles. The molecule has 3 aromatic rings. The van der Waals surface area contributed by atoms with Gasteiger partial charge in [0.05, 0.1) is 10.9 Å². The quantitative estimate of drug-likeness (QED) is 0.681. The molecule has 6 nitrogen and oxygen atoms in total. The van der Waals surface area contributed by atoms with Gasteiger partial charge in [0, 0.05) is 44.0 Å². The van der Waals surface area contributed by atoms with E-state index in [1.807, 2.05) is 17.9 Å². The third-order valence-corrected chi connectivity index (χ3v) is 5.91. The van der Waals surface area contributed by atoms with Crippen molar-refractivity contribution in [2.45, 2.75) is 19.8 Å². The van der Waals surface area contributed by atoms with Crippen molar-refractivity contribution in [1.82, 2.24) is 9.88 Å². The zero-order chi connectivity index (χ0) is 22.8. The molecule has 2 aromatic carbocycles. The third-order valence-electron chi connectivity index (χ3n) is 5.91. The van der Waals surface area contributed by atoms with Crippen LogP contribution in [-0.4, -0.2) is 42.0 Å². The molecule has 1 aliphatic rings. The first kappa shape index (κ1) is 21.5. The van der Waals surface area contributed by atoms with Crippen LogP contribution in [0.1, 0.15) is 23.2 Å². The van der Waals surface area contributed by atoms with Crippen molar-refractivity contribution >= 4 is 22.4 Å². The molecule has 0 spiro atoms. The van der Waals surface area contributed by atoms with Crippen molar-refractivity contribution < 1.29 is 13.6 Å². The van der Waals surface area contributed by atoms with E-state index in [1.165, 1.54) is 18.2 Å². The molecule has 1 fully saturated rings. The van der Waals surface area contributed by atoms with Crippen LogP contribution in [0.2, 0.25) is 0 Å². The predicted octanol–water partition coefficient (Wildman–Crippen LogP) is 3.27. The Morgan fingerprint density at radius 2 is 1.81 bits per heavy atom. The molecule has 1 aromatic heterocycles. The van der Waals surface area contributed by atoms with Crippen molar-refractivity contribution in [2.24, 2.45) is 0 Å². The van der Waals surface area contributed by atoms with Gasteiger partial charge >= 0.3 is 0 Å². The van der Waals surface area contributed by atoms with E-state index in [-0.39, 0.29) is 23.3 Å². The van der Waals surface area contributed by atoms with E-state index in [4.69, 9.17) is 5.26 Å². The van der Waals surface area contributed by atoms with Crippen molar-refractivity contribution in [3.05, 3.63) is 75.2 Å². The number of pyridine rings is 1. The molecular formula is C24H22F2N4O2. The van der Waals surface area contributed by atoms with Gasteiger partial charge in [-0.25, -0.2) is 8.78 Å². The SMILES string of the molecule is Cc1ccc(F)c2c(=O)[nH]c(CCC(=O)N3CCN(c4ccc(F)c(C#N)c4)CC3)cc12. The molecule has 1 aliphatic heterocycles. The van der Waals surface area contributed by atoms with E-state index < -0.39 is 17.2 Å². The van der Waals surface area contributed by atoms with Gasteiger partial charge in [-0.2, -0.15) is 5.26 Å². The van der Waals surface area contributed by atoms with Gasteiger partial charge in [0.1, 0.15) is 17.7 Å². The summed E-state index contributed by atoms with van der Waals surface area (Å²) in [6, 6.07) is 10.9. The average molecular weight is 436 g/mol. The second-order valence-corrected chi connectivity index (χ2v) is 7.92. The topological polar surface area (TPSA) is 80.2 Å². The number of nitriles is 1. The molecule has 8 heteroatoms. The summed E-state index contributed by atoms with van der Waals surface area (Å²) in [4.78, 5) is 31.5. The number of rotatable bonds is 4. The Hall–Kier alpha value is -3.73. The fraction of sp³-hybridized carbons (Fsp3) is 0.292. The lowest BCUT2D eigenvalue weighted by molar-refractivity contribution is -0.131. The van der Waals surface area contributed by atoms with Crippen LogP contribution in [0.4, 0.5) is 14.5 Å². The minimum Gasteiger partial charge on any atom is -0.368 e. The molecule has 32 heavy (non-hydrogen) atoms. The number of aromatic nitrogens is 1. The van der Waals surface area contributed by atoms with Crippen molar-refractivity contribution in [3.63, 3.8) is 0 Å². The Morgan fingerprint density at radius 1 is 1.09 bits per heavy atom. The van der Waals surface area contributed by atoms with E-state index >= 15 is 0 Å². The summed E-state index contributed by atoms with van der Waals surface area (Å²) in [6.45, 7) is 3.99. The molecule has 4 rings (SSSR count). The number of halogens is 2. The molecule has 0 bridgehead atoms. The predicted molar refractivity (Wildman–Crippen MR) is 117 cm³/mol. The van der Waals surface area contributed by atoms with E-state index in [0.29, 0.717) is 43.7 Å². The lowest BCUT2D eigenvalue weighted by Gasteiger charge is -2.36. The van der Waals surface area contributed by atoms with Crippen LogP contribution in [0.5, 0.6) is 0 Å². The number of nitrogens with zero attached hydrogens (tertiary/aromatic N) is 3. The van der Waals surface area contributed by atoms with E-state index in [0.717, 1.165) is 11.3 Å². The normalized spacial score (nSPS) is 13.9. The monoisotopic (exact) mass is 436 g/mol. The minimum atomic E-state index is -0.560. The molecule has 0 saturated carbocycles. The number of hydrogen-bond donors (Lipinski definition) is 1. The first-order valence-corrected chi connectivity index (χ1v) is 10.4. The highest BCUT2D eigenvalue weighted by Gasteiger charge is 2.22. The van der Waals surface area contributed by atoms with Crippen LogP contribution in [-0.2, 0) is 11.2 Å². The summed E-state index contributed by atoms with van der Waals surface area (Å²) in [7, 11) is 0. The zero-order valence-corrected chi connectivity index (χ0v) is 17.6. The fourth-order valence-electron chi connectivity index (χ4n) is 4.08. The maximum atomic E-state index is 14.0. The Morgan fingerprint density at radius 3 is 2.53 bits per heavy atom. The maximum absolute atomic E-state index is 14.0. The number of fused-ring (bicyclic) bond motifs is 1. The highest BCUT2D eigenvalue weighted by atomic mass is 19.1. The fourth-order valence-corrected chi connectivity index (χ4v) is 4.08. The van der Waals surface area contributed by atoms with Crippen molar-refractivity contribution in [2.75, 3.05) is 31.1 Å². The molecule has 0 atom stereocenters. The second-order valence-electron chi connectivity index (χ2n) is 7.92. The number of piperazine rings is 1. The summed E-state index contributed by atoms with van der Waals surface area (Å²) >= 11 is 0. The highest BCUT2D eigenvalue weighted by Crippen LogP contribution is 2.21. The van der Waals surface area contributed by atoms with Gasteiger partial charge in [0.2, 0.25) is 5.91 Å². The van der Waals surface area contributed by atoms with Crippen LogP contribution >= 0.6 is 0 Å². The molecule has 1 amide bonds. The van der Waals surface area contributed by atoms with Gasteiger partial charge in [-0.3, -0.25) is 9.59 Å². The van der Waals surface area contributed by atoms with Gasteiger partial charge in [-0.15, -0.1) is 0 Å². The number of H-pyrrole nitrogens is 1. The molecular weight excluding hydrogens is 414 g/mol. The van der Waals surface area contributed by atoms with Crippen molar-refractivity contribution in [1.29, 1.82) is 5.26 Å². The molecule has 1 N–H and O–H groups in total. The van der Waals surface area contributed by atoms with E-state index in [1.54, 1.807) is 23.1 Å². The standard InChI is InChI=1S/C24H22F2N4O2/c1-15-2-5-21(26)23-19(15)13-17(28-24(23)32)3-7-22(31)30-10-8-29(9-11-30)18-4-6-20(25)16(12-18)14-27/h2,4-6,12-13H,3,7-11H2,1H3,(H,28,32). The lowest BCUT2D eigenvalue weighted by Crippen LogP contribution is -2.48. The van der Waals surface area contributed by atoms with E-state index in [9.17, 15) is 18.4 Å². The van der Waals surface area contributed by atoms with Crippen LogP contribution in [0, 0.1) is 29.9 Å². The molecule has 2 heterocycles. The molecule has 0 unspecified atom stereocenters. The van der Waals surface area contributed by atoms with Gasteiger partial charge in [0.25, 0.3) is 5.56 Å². The second kappa shape index (κ2) is 8.79. The van der Waals surface area contributed by atoms with Crippen LogP contribution in [0.25, 0.3) is 10.8 Å². The summed E-state index contributed by atoms with van der Waals surface area (Å²) < 4.78 is 27.6. The number of nitrogens with one attached hydrogen (secondary N) is 1. The Kier molecular flexibility index (Phi) is 5.91. The first-order chi connectivity index (χ1) is 15.4.